The van der Waals surface area contributed by atoms with Crippen LogP contribution in [0.1, 0.15) is 27.2 Å². The number of H-pyrrole nitrogens is 1. The molecule has 4 rings (SSSR count). The lowest BCUT2D eigenvalue weighted by atomic mass is 9.77. The van der Waals surface area contributed by atoms with Crippen LogP contribution >= 0.6 is 0 Å². The molecule has 1 aromatic carbocycles. The minimum absolute atomic E-state index is 0.0714. The van der Waals surface area contributed by atoms with Crippen LogP contribution in [0, 0.1) is 17.6 Å². The second-order valence-electron chi connectivity index (χ2n) is 8.88. The third-order valence-electron chi connectivity index (χ3n) is 7.11. The number of nitrogens with one attached hydrogen (secondary N) is 1. The smallest absolute Gasteiger partial charge is 0.168 e. The molecule has 1 fully saturated rings. The molecular weight excluding hydrogens is 398 g/mol. The largest absolute Gasteiger partial charge is 0.355 e. The van der Waals surface area contributed by atoms with E-state index < -0.39 is 11.6 Å². The van der Waals surface area contributed by atoms with Gasteiger partial charge in [0.15, 0.2) is 17.5 Å². The molecule has 2 atom stereocenters. The Balaban J connectivity index is 1.58. The average Bonchev–Trinajstić information content (AvgIpc) is 3.29. The molecular formula is C23H28F2N6. The summed E-state index contributed by atoms with van der Waals surface area (Å²) in [5, 5.41) is 14.9. The van der Waals surface area contributed by atoms with Gasteiger partial charge in [0, 0.05) is 48.1 Å². The third kappa shape index (κ3) is 3.69. The molecule has 3 heterocycles. The maximum absolute atomic E-state index is 14.8. The Morgan fingerprint density at radius 2 is 1.81 bits per heavy atom. The summed E-state index contributed by atoms with van der Waals surface area (Å²) in [4.78, 5) is 4.54. The Kier molecular flexibility index (Phi) is 5.51. The van der Waals surface area contributed by atoms with Crippen LogP contribution in [0.5, 0.6) is 0 Å². The van der Waals surface area contributed by atoms with Gasteiger partial charge in [0.1, 0.15) is 0 Å². The van der Waals surface area contributed by atoms with Gasteiger partial charge in [0.05, 0.1) is 11.9 Å². The van der Waals surface area contributed by atoms with Crippen molar-refractivity contribution in [1.82, 2.24) is 25.3 Å². The number of rotatable bonds is 4. The number of aromatic nitrogens is 4. The molecule has 164 valence electrons. The number of halogens is 2. The van der Waals surface area contributed by atoms with Crippen molar-refractivity contribution in [2.45, 2.75) is 38.8 Å². The van der Waals surface area contributed by atoms with E-state index in [1.807, 2.05) is 13.1 Å². The minimum Gasteiger partial charge on any atom is -0.355 e. The Labute approximate surface area is 181 Å². The summed E-state index contributed by atoms with van der Waals surface area (Å²) < 4.78 is 29.4. The molecule has 1 saturated heterocycles. The molecule has 0 amide bonds. The molecule has 31 heavy (non-hydrogen) atoms. The van der Waals surface area contributed by atoms with Gasteiger partial charge in [-0.05, 0) is 51.4 Å². The first-order chi connectivity index (χ1) is 14.7. The van der Waals surface area contributed by atoms with Crippen LogP contribution in [0.3, 0.4) is 0 Å². The van der Waals surface area contributed by atoms with E-state index in [9.17, 15) is 8.78 Å². The molecule has 6 nitrogen and oxygen atoms in total. The molecule has 2 aromatic heterocycles. The van der Waals surface area contributed by atoms with Crippen LogP contribution in [-0.2, 0) is 0 Å². The molecule has 0 spiro atoms. The van der Waals surface area contributed by atoms with Crippen LogP contribution in [0.25, 0.3) is 22.4 Å². The number of nitrogens with zero attached hydrogens (tertiary/aromatic N) is 5. The summed E-state index contributed by atoms with van der Waals surface area (Å²) in [6, 6.07) is 6.88. The lowest BCUT2D eigenvalue weighted by Crippen LogP contribution is -2.59. The quantitative estimate of drug-likeness (QED) is 0.671. The normalized spacial score (nSPS) is 21.3. The van der Waals surface area contributed by atoms with Crippen LogP contribution in [0.2, 0.25) is 0 Å². The second kappa shape index (κ2) is 8.00. The Morgan fingerprint density at radius 1 is 1.10 bits per heavy atom. The molecule has 1 aliphatic heterocycles. The summed E-state index contributed by atoms with van der Waals surface area (Å²) in [6.07, 6.45) is 4.00. The number of anilines is 1. The molecule has 1 N–H and O–H groups in total. The van der Waals surface area contributed by atoms with Crippen molar-refractivity contribution in [3.63, 3.8) is 0 Å². The molecule has 1 aliphatic rings. The van der Waals surface area contributed by atoms with Crippen LogP contribution in [-0.4, -0.2) is 57.5 Å². The zero-order chi connectivity index (χ0) is 22.3. The van der Waals surface area contributed by atoms with E-state index in [2.05, 4.69) is 58.0 Å². The van der Waals surface area contributed by atoms with Crippen molar-refractivity contribution in [3.8, 4) is 22.4 Å². The highest BCUT2D eigenvalue weighted by Crippen LogP contribution is 2.36. The molecule has 2 unspecified atom stereocenters. The maximum Gasteiger partial charge on any atom is 0.168 e. The highest BCUT2D eigenvalue weighted by molar-refractivity contribution is 5.69. The predicted octanol–water partition coefficient (Wildman–Crippen LogP) is 4.37. The first-order valence-electron chi connectivity index (χ1n) is 10.5. The molecule has 0 saturated carbocycles. The molecule has 0 aliphatic carbocycles. The summed E-state index contributed by atoms with van der Waals surface area (Å²) in [5.74, 6) is -0.736. The standard InChI is InChI=1S/C23H28F2N6/c1-14-19(10-11-30(4)23(14,2)3)31(5)20-9-8-18(28-29-20)17-7-6-16(21(24)22(17)25)15-12-26-27-13-15/h6-9,12-14,19H,10-11H2,1-5H3,(H,26,27). The Hall–Kier alpha value is -2.87. The van der Waals surface area contributed by atoms with Gasteiger partial charge in [-0.1, -0.05) is 13.0 Å². The SMILES string of the molecule is CC1C(N(C)c2ccc(-c3ccc(-c4cn[nH]c4)c(F)c3F)nn2)CCN(C)C1(C)C. The number of aromatic amines is 1. The van der Waals surface area contributed by atoms with Crippen molar-refractivity contribution < 1.29 is 8.78 Å². The monoisotopic (exact) mass is 426 g/mol. The zero-order valence-corrected chi connectivity index (χ0v) is 18.5. The number of hydrogen-bond acceptors (Lipinski definition) is 5. The molecule has 0 radical (unpaired) electrons. The summed E-state index contributed by atoms with van der Waals surface area (Å²) in [5.41, 5.74) is 1.09. The number of piperidine rings is 1. The summed E-state index contributed by atoms with van der Waals surface area (Å²) in [6.45, 7) is 7.79. The van der Waals surface area contributed by atoms with Gasteiger partial charge < -0.3 is 9.80 Å². The molecule has 3 aromatic rings. The van der Waals surface area contributed by atoms with Crippen molar-refractivity contribution in [2.75, 3.05) is 25.5 Å². The fraction of sp³-hybridized carbons (Fsp3) is 0.435. The van der Waals surface area contributed by atoms with E-state index in [0.29, 0.717) is 23.2 Å². The van der Waals surface area contributed by atoms with E-state index in [1.54, 1.807) is 6.07 Å². The topological polar surface area (TPSA) is 60.9 Å². The van der Waals surface area contributed by atoms with Crippen LogP contribution < -0.4 is 4.90 Å². The number of likely N-dealkylation sites (tertiary alicyclic amines) is 1. The third-order valence-corrected chi connectivity index (χ3v) is 7.11. The highest BCUT2D eigenvalue weighted by Gasteiger charge is 2.41. The lowest BCUT2D eigenvalue weighted by molar-refractivity contribution is 0.0391. The summed E-state index contributed by atoms with van der Waals surface area (Å²) >= 11 is 0. The van der Waals surface area contributed by atoms with Crippen molar-refractivity contribution in [1.29, 1.82) is 0 Å². The van der Waals surface area contributed by atoms with Gasteiger partial charge >= 0.3 is 0 Å². The van der Waals surface area contributed by atoms with Crippen molar-refractivity contribution in [3.05, 3.63) is 48.3 Å². The van der Waals surface area contributed by atoms with Gasteiger partial charge in [0.2, 0.25) is 0 Å². The number of benzene rings is 1. The Bertz CT molecular complexity index is 1050. The lowest BCUT2D eigenvalue weighted by Gasteiger charge is -2.51. The maximum atomic E-state index is 14.8. The van der Waals surface area contributed by atoms with Gasteiger partial charge in [-0.2, -0.15) is 5.10 Å². The van der Waals surface area contributed by atoms with Crippen LogP contribution in [0.15, 0.2) is 36.7 Å². The predicted molar refractivity (Wildman–Crippen MR) is 118 cm³/mol. The van der Waals surface area contributed by atoms with Crippen molar-refractivity contribution >= 4 is 5.82 Å². The Morgan fingerprint density at radius 3 is 2.45 bits per heavy atom. The fourth-order valence-electron chi connectivity index (χ4n) is 4.41. The van der Waals surface area contributed by atoms with Crippen LogP contribution in [0.4, 0.5) is 14.6 Å². The van der Waals surface area contributed by atoms with Gasteiger partial charge in [-0.25, -0.2) is 8.78 Å². The highest BCUT2D eigenvalue weighted by atomic mass is 19.2. The van der Waals surface area contributed by atoms with Gasteiger partial charge in [0.25, 0.3) is 0 Å². The molecule has 0 bridgehead atoms. The fourth-order valence-corrected chi connectivity index (χ4v) is 4.41. The van der Waals surface area contributed by atoms with E-state index in [0.717, 1.165) is 18.8 Å². The van der Waals surface area contributed by atoms with E-state index in [1.165, 1.54) is 24.5 Å². The number of hydrogen-bond donors (Lipinski definition) is 1. The zero-order valence-electron chi connectivity index (χ0n) is 18.5. The second-order valence-corrected chi connectivity index (χ2v) is 8.88. The van der Waals surface area contributed by atoms with E-state index >= 15 is 0 Å². The van der Waals surface area contributed by atoms with E-state index in [4.69, 9.17) is 0 Å². The molecule has 8 heteroatoms. The first kappa shape index (κ1) is 21.4. The van der Waals surface area contributed by atoms with Gasteiger partial charge in [-0.15, -0.1) is 10.2 Å². The first-order valence-corrected chi connectivity index (χ1v) is 10.5. The van der Waals surface area contributed by atoms with Crippen molar-refractivity contribution in [2.24, 2.45) is 5.92 Å². The summed E-state index contributed by atoms with van der Waals surface area (Å²) in [7, 11) is 4.18. The average molecular weight is 427 g/mol. The minimum atomic E-state index is -0.945. The van der Waals surface area contributed by atoms with Gasteiger partial charge in [-0.3, -0.25) is 5.10 Å². The van der Waals surface area contributed by atoms with E-state index in [-0.39, 0.29) is 16.7 Å².